The lowest BCUT2D eigenvalue weighted by Crippen LogP contribution is -1.99. The largest absolute Gasteiger partial charge is 0.344 e. The molecular weight excluding hydrogens is 238 g/mol. The van der Waals surface area contributed by atoms with E-state index in [1.807, 2.05) is 11.6 Å². The predicted molar refractivity (Wildman–Crippen MR) is 73.2 cm³/mol. The number of Topliss-reactive ketones (excluding diaryl/α,β-unsaturated/α-hetero) is 1. The zero-order valence-corrected chi connectivity index (χ0v) is 11.6. The van der Waals surface area contributed by atoms with Crippen molar-refractivity contribution < 1.29 is 4.79 Å². The number of halogens is 1. The first-order chi connectivity index (χ1) is 7.24. The highest BCUT2D eigenvalue weighted by atomic mass is 35.5. The van der Waals surface area contributed by atoms with Crippen molar-refractivity contribution in [3.63, 3.8) is 0 Å². The number of unbranched alkanes of at least 4 members (excludes halogenated alkanes) is 4. The number of imidazole rings is 1. The molecule has 0 amide bonds. The summed E-state index contributed by atoms with van der Waals surface area (Å²) in [4.78, 5) is 15.7. The summed E-state index contributed by atoms with van der Waals surface area (Å²) < 4.78 is 1.81. The van der Waals surface area contributed by atoms with Gasteiger partial charge in [-0.15, -0.1) is 12.4 Å². The predicted octanol–water partition coefficient (Wildman–Crippen LogP) is 3.55. The maximum Gasteiger partial charge on any atom is 0.182 e. The Hall–Kier alpha value is -0.870. The van der Waals surface area contributed by atoms with E-state index in [-0.39, 0.29) is 24.3 Å². The number of hydrogen-bond donors (Lipinski definition) is 1. The van der Waals surface area contributed by atoms with E-state index in [1.165, 1.54) is 19.3 Å². The van der Waals surface area contributed by atoms with Gasteiger partial charge in [0.1, 0.15) is 5.69 Å². The average Bonchev–Trinajstić information content (AvgIpc) is 2.64. The zero-order valence-electron chi connectivity index (χ0n) is 10.8. The molecule has 0 aliphatic heterocycles. The molecule has 0 aliphatic carbocycles. The number of ketones is 1. The molecule has 0 spiro atoms. The minimum atomic E-state index is 0. The third-order valence-corrected chi connectivity index (χ3v) is 2.50. The molecule has 0 aromatic carbocycles. The Morgan fingerprint density at radius 1 is 1.29 bits per heavy atom. The summed E-state index contributed by atoms with van der Waals surface area (Å²) in [5.41, 5.74) is 0.605. The van der Waals surface area contributed by atoms with Gasteiger partial charge in [-0.25, -0.2) is 4.98 Å². The van der Waals surface area contributed by atoms with E-state index in [9.17, 15) is 4.79 Å². The minimum absolute atomic E-state index is 0. The van der Waals surface area contributed by atoms with Crippen LogP contribution in [-0.4, -0.2) is 15.3 Å². The molecule has 0 radical (unpaired) electrons. The second-order valence-electron chi connectivity index (χ2n) is 4.01. The summed E-state index contributed by atoms with van der Waals surface area (Å²) in [6, 6.07) is 0. The molecule has 0 bridgehead atoms. The van der Waals surface area contributed by atoms with Crippen LogP contribution in [0.5, 0.6) is 0 Å². The lowest BCUT2D eigenvalue weighted by atomic mass is 10.1. The maximum atomic E-state index is 11.6. The molecule has 1 heterocycles. The fraction of sp³-hybridized carbons (Fsp3) is 0.667. The number of aromatic nitrogens is 2. The SMILES string of the molecule is CCCCCCCC(=O)c1cn(C)cn1.Cl.N. The Bertz CT molecular complexity index is 312. The van der Waals surface area contributed by atoms with Crippen LogP contribution in [0.4, 0.5) is 0 Å². The van der Waals surface area contributed by atoms with Gasteiger partial charge in [-0.1, -0.05) is 32.6 Å². The summed E-state index contributed by atoms with van der Waals surface area (Å²) in [5.74, 6) is 0.173. The van der Waals surface area contributed by atoms with Crippen LogP contribution < -0.4 is 6.15 Å². The van der Waals surface area contributed by atoms with Crippen LogP contribution in [0.3, 0.4) is 0 Å². The summed E-state index contributed by atoms with van der Waals surface area (Å²) in [7, 11) is 1.88. The van der Waals surface area contributed by atoms with Gasteiger partial charge in [-0.2, -0.15) is 0 Å². The molecule has 0 saturated carbocycles. The Morgan fingerprint density at radius 2 is 1.94 bits per heavy atom. The normalized spacial score (nSPS) is 9.29. The number of nitrogens with zero attached hydrogens (tertiary/aromatic N) is 2. The van der Waals surface area contributed by atoms with E-state index in [1.54, 1.807) is 12.5 Å². The smallest absolute Gasteiger partial charge is 0.182 e. The highest BCUT2D eigenvalue weighted by molar-refractivity contribution is 5.93. The second kappa shape index (κ2) is 10.3. The van der Waals surface area contributed by atoms with Gasteiger partial charge >= 0.3 is 0 Å². The average molecular weight is 262 g/mol. The van der Waals surface area contributed by atoms with Crippen molar-refractivity contribution in [2.45, 2.75) is 45.4 Å². The van der Waals surface area contributed by atoms with Gasteiger partial charge in [0.25, 0.3) is 0 Å². The molecule has 17 heavy (non-hydrogen) atoms. The van der Waals surface area contributed by atoms with Crippen LogP contribution in [0.2, 0.25) is 0 Å². The topological polar surface area (TPSA) is 69.9 Å². The Morgan fingerprint density at radius 3 is 2.47 bits per heavy atom. The van der Waals surface area contributed by atoms with Gasteiger partial charge in [0.15, 0.2) is 5.78 Å². The molecule has 3 N–H and O–H groups in total. The molecular formula is C12H24ClN3O. The van der Waals surface area contributed by atoms with Crippen LogP contribution in [0.15, 0.2) is 12.5 Å². The van der Waals surface area contributed by atoms with E-state index in [0.717, 1.165) is 12.8 Å². The van der Waals surface area contributed by atoms with Crippen molar-refractivity contribution >= 4 is 18.2 Å². The third kappa shape index (κ3) is 7.13. The number of carbonyl (C=O) groups excluding carboxylic acids is 1. The quantitative estimate of drug-likeness (QED) is 0.603. The first kappa shape index (κ1) is 18.5. The summed E-state index contributed by atoms with van der Waals surface area (Å²) in [6.07, 6.45) is 10.0. The first-order valence-corrected chi connectivity index (χ1v) is 5.75. The lowest BCUT2D eigenvalue weighted by Gasteiger charge is -1.98. The fourth-order valence-corrected chi connectivity index (χ4v) is 1.57. The Kier molecular flexibility index (Phi) is 11.2. The highest BCUT2D eigenvalue weighted by Crippen LogP contribution is 2.08. The van der Waals surface area contributed by atoms with Crippen molar-refractivity contribution in [2.75, 3.05) is 0 Å². The summed E-state index contributed by atoms with van der Waals surface area (Å²) >= 11 is 0. The van der Waals surface area contributed by atoms with Gasteiger partial charge in [0.2, 0.25) is 0 Å². The molecule has 0 fully saturated rings. The van der Waals surface area contributed by atoms with E-state index < -0.39 is 0 Å². The molecule has 1 rings (SSSR count). The third-order valence-electron chi connectivity index (χ3n) is 2.50. The molecule has 0 unspecified atom stereocenters. The van der Waals surface area contributed by atoms with E-state index in [4.69, 9.17) is 0 Å². The van der Waals surface area contributed by atoms with Crippen molar-refractivity contribution in [1.82, 2.24) is 15.7 Å². The first-order valence-electron chi connectivity index (χ1n) is 5.75. The lowest BCUT2D eigenvalue weighted by molar-refractivity contribution is 0.0974. The Labute approximate surface area is 110 Å². The molecule has 4 nitrogen and oxygen atoms in total. The van der Waals surface area contributed by atoms with Gasteiger partial charge in [-0.3, -0.25) is 4.79 Å². The number of aryl methyl sites for hydroxylation is 1. The molecule has 0 saturated heterocycles. The van der Waals surface area contributed by atoms with Crippen molar-refractivity contribution in [1.29, 1.82) is 0 Å². The molecule has 0 aliphatic rings. The van der Waals surface area contributed by atoms with Gasteiger partial charge in [-0.05, 0) is 6.42 Å². The van der Waals surface area contributed by atoms with Gasteiger partial charge in [0.05, 0.1) is 6.33 Å². The zero-order chi connectivity index (χ0) is 11.1. The summed E-state index contributed by atoms with van der Waals surface area (Å²) in [5, 5.41) is 0. The van der Waals surface area contributed by atoms with Crippen LogP contribution >= 0.6 is 12.4 Å². The molecule has 0 atom stereocenters. The number of rotatable bonds is 7. The van der Waals surface area contributed by atoms with Crippen molar-refractivity contribution in [2.24, 2.45) is 7.05 Å². The van der Waals surface area contributed by atoms with Gasteiger partial charge < -0.3 is 10.7 Å². The van der Waals surface area contributed by atoms with E-state index in [2.05, 4.69) is 11.9 Å². The fourth-order valence-electron chi connectivity index (χ4n) is 1.57. The van der Waals surface area contributed by atoms with Crippen LogP contribution in [0.25, 0.3) is 0 Å². The van der Waals surface area contributed by atoms with Crippen molar-refractivity contribution in [3.8, 4) is 0 Å². The second-order valence-corrected chi connectivity index (χ2v) is 4.01. The molecule has 1 aromatic rings. The molecule has 100 valence electrons. The minimum Gasteiger partial charge on any atom is -0.344 e. The van der Waals surface area contributed by atoms with Crippen LogP contribution in [-0.2, 0) is 7.05 Å². The van der Waals surface area contributed by atoms with E-state index >= 15 is 0 Å². The van der Waals surface area contributed by atoms with Gasteiger partial charge in [0, 0.05) is 19.7 Å². The maximum absolute atomic E-state index is 11.6. The number of carbonyl (C=O) groups is 1. The molecule has 5 heteroatoms. The van der Waals surface area contributed by atoms with Crippen LogP contribution in [0.1, 0.15) is 55.9 Å². The standard InChI is InChI=1S/C12H20N2O.ClH.H3N/c1-3-4-5-6-7-8-12(15)11-9-14(2)10-13-11;;/h9-10H,3-8H2,1-2H3;1H;1H3. The van der Waals surface area contributed by atoms with Crippen molar-refractivity contribution in [3.05, 3.63) is 18.2 Å². The highest BCUT2D eigenvalue weighted by Gasteiger charge is 2.07. The monoisotopic (exact) mass is 261 g/mol. The number of hydrogen-bond acceptors (Lipinski definition) is 3. The Balaban J connectivity index is 0. The van der Waals surface area contributed by atoms with E-state index in [0.29, 0.717) is 12.1 Å². The van der Waals surface area contributed by atoms with Crippen LogP contribution in [0, 0.1) is 0 Å². The molecule has 1 aromatic heterocycles. The summed E-state index contributed by atoms with van der Waals surface area (Å²) in [6.45, 7) is 2.19.